The van der Waals surface area contributed by atoms with E-state index in [0.717, 1.165) is 0 Å². The van der Waals surface area contributed by atoms with E-state index >= 15 is 0 Å². The number of aromatic amines is 1. The average molecular weight is 139 g/mol. The third-order valence-electron chi connectivity index (χ3n) is 1.20. The van der Waals surface area contributed by atoms with E-state index in [0.29, 0.717) is 12.1 Å². The molecule has 54 valence electrons. The number of rotatable bonds is 2. The number of hydrogen-bond acceptors (Lipinski definition) is 3. The molecule has 0 bridgehead atoms. The summed E-state index contributed by atoms with van der Waals surface area (Å²) in [5.74, 6) is 5.03. The van der Waals surface area contributed by atoms with Crippen molar-refractivity contribution in [3.05, 3.63) is 34.2 Å². The first-order valence-electron chi connectivity index (χ1n) is 2.94. The number of nitrogens with one attached hydrogen (secondary N) is 2. The van der Waals surface area contributed by atoms with Crippen molar-refractivity contribution < 1.29 is 0 Å². The quantitative estimate of drug-likeness (QED) is 0.376. The van der Waals surface area contributed by atoms with Gasteiger partial charge in [0.2, 0.25) is 0 Å². The molecule has 0 fully saturated rings. The largest absolute Gasteiger partial charge is 0.367 e. The van der Waals surface area contributed by atoms with Crippen molar-refractivity contribution in [2.24, 2.45) is 5.84 Å². The van der Waals surface area contributed by atoms with Gasteiger partial charge in [-0.2, -0.15) is 0 Å². The Labute approximate surface area is 58.0 Å². The Kier molecular flexibility index (Phi) is 2.20. The molecule has 1 aromatic rings. The number of H-pyrrole nitrogens is 1. The van der Waals surface area contributed by atoms with Gasteiger partial charge in [-0.15, -0.1) is 0 Å². The summed E-state index contributed by atoms with van der Waals surface area (Å²) in [5.41, 5.74) is 3.05. The third kappa shape index (κ3) is 1.43. The minimum atomic E-state index is -0.00306. The summed E-state index contributed by atoms with van der Waals surface area (Å²) in [5, 5.41) is 0. The first kappa shape index (κ1) is 6.98. The summed E-state index contributed by atoms with van der Waals surface area (Å²) in [4.78, 5) is 13.7. The highest BCUT2D eigenvalue weighted by atomic mass is 16.1. The third-order valence-corrected chi connectivity index (χ3v) is 1.20. The molecule has 0 aliphatic rings. The molecule has 10 heavy (non-hydrogen) atoms. The summed E-state index contributed by atoms with van der Waals surface area (Å²) < 4.78 is 0. The van der Waals surface area contributed by atoms with Crippen LogP contribution in [-0.2, 0) is 6.54 Å². The number of aromatic nitrogens is 1. The van der Waals surface area contributed by atoms with Crippen molar-refractivity contribution in [3.63, 3.8) is 0 Å². The van der Waals surface area contributed by atoms with Gasteiger partial charge in [0, 0.05) is 30.6 Å². The van der Waals surface area contributed by atoms with E-state index in [-0.39, 0.29) is 5.43 Å². The second kappa shape index (κ2) is 3.14. The first-order chi connectivity index (χ1) is 4.84. The fourth-order valence-corrected chi connectivity index (χ4v) is 0.699. The van der Waals surface area contributed by atoms with Crippen molar-refractivity contribution in [2.45, 2.75) is 6.54 Å². The predicted molar refractivity (Wildman–Crippen MR) is 38.1 cm³/mol. The van der Waals surface area contributed by atoms with Crippen molar-refractivity contribution in [2.75, 3.05) is 0 Å². The van der Waals surface area contributed by atoms with E-state index < -0.39 is 0 Å². The molecular weight excluding hydrogens is 130 g/mol. The summed E-state index contributed by atoms with van der Waals surface area (Å²) in [6.45, 7) is 0.399. The summed E-state index contributed by atoms with van der Waals surface area (Å²) in [7, 11) is 0. The van der Waals surface area contributed by atoms with Gasteiger partial charge in [0.1, 0.15) is 0 Å². The van der Waals surface area contributed by atoms with Crippen LogP contribution >= 0.6 is 0 Å². The van der Waals surface area contributed by atoms with Crippen LogP contribution in [0.3, 0.4) is 0 Å². The van der Waals surface area contributed by atoms with E-state index in [1.807, 2.05) is 0 Å². The maximum absolute atomic E-state index is 10.9. The van der Waals surface area contributed by atoms with Crippen LogP contribution in [0, 0.1) is 0 Å². The Hall–Kier alpha value is -1.13. The Bertz CT molecular complexity index is 255. The summed E-state index contributed by atoms with van der Waals surface area (Å²) in [6, 6.07) is 1.46. The molecule has 1 aromatic heterocycles. The van der Waals surface area contributed by atoms with Crippen LogP contribution in [0.1, 0.15) is 5.56 Å². The number of hydrazine groups is 1. The lowest BCUT2D eigenvalue weighted by Gasteiger charge is -1.95. The SMILES string of the molecule is NNCc1c[nH]ccc1=O. The molecular formula is C6H9N3O. The molecule has 1 rings (SSSR count). The number of nitrogens with two attached hydrogens (primary N) is 1. The van der Waals surface area contributed by atoms with E-state index in [4.69, 9.17) is 5.84 Å². The van der Waals surface area contributed by atoms with Crippen LogP contribution in [0.5, 0.6) is 0 Å². The van der Waals surface area contributed by atoms with Gasteiger partial charge in [-0.05, 0) is 0 Å². The van der Waals surface area contributed by atoms with Gasteiger partial charge in [-0.3, -0.25) is 16.1 Å². The number of hydrogen-bond donors (Lipinski definition) is 3. The maximum Gasteiger partial charge on any atom is 0.186 e. The Morgan fingerprint density at radius 2 is 2.50 bits per heavy atom. The van der Waals surface area contributed by atoms with Gasteiger partial charge in [0.05, 0.1) is 0 Å². The summed E-state index contributed by atoms with van der Waals surface area (Å²) in [6.07, 6.45) is 3.21. The molecule has 4 N–H and O–H groups in total. The highest BCUT2D eigenvalue weighted by molar-refractivity contribution is 5.08. The lowest BCUT2D eigenvalue weighted by atomic mass is 10.3. The number of pyridine rings is 1. The van der Waals surface area contributed by atoms with Crippen LogP contribution in [0.4, 0.5) is 0 Å². The molecule has 0 amide bonds. The molecule has 0 spiro atoms. The minimum Gasteiger partial charge on any atom is -0.367 e. The first-order valence-corrected chi connectivity index (χ1v) is 2.94. The maximum atomic E-state index is 10.9. The molecule has 0 saturated carbocycles. The van der Waals surface area contributed by atoms with Crippen molar-refractivity contribution >= 4 is 0 Å². The predicted octanol–water partition coefficient (Wildman–Crippen LogP) is -0.662. The lowest BCUT2D eigenvalue weighted by Crippen LogP contribution is -2.24. The van der Waals surface area contributed by atoms with E-state index in [9.17, 15) is 4.79 Å². The van der Waals surface area contributed by atoms with Crippen molar-refractivity contribution in [3.8, 4) is 0 Å². The van der Waals surface area contributed by atoms with Gasteiger partial charge in [-0.1, -0.05) is 0 Å². The smallest absolute Gasteiger partial charge is 0.186 e. The molecule has 4 nitrogen and oxygen atoms in total. The van der Waals surface area contributed by atoms with Gasteiger partial charge in [-0.25, -0.2) is 0 Å². The molecule has 0 saturated heterocycles. The standard InChI is InChI=1S/C6H9N3O/c7-9-4-5-3-8-2-1-6(5)10/h1-3,9H,4,7H2,(H,8,10). The van der Waals surface area contributed by atoms with Gasteiger partial charge >= 0.3 is 0 Å². The van der Waals surface area contributed by atoms with Gasteiger partial charge in [0.25, 0.3) is 0 Å². The van der Waals surface area contributed by atoms with Crippen LogP contribution in [0.25, 0.3) is 0 Å². The fourth-order valence-electron chi connectivity index (χ4n) is 0.699. The lowest BCUT2D eigenvalue weighted by molar-refractivity contribution is 0.734. The van der Waals surface area contributed by atoms with Crippen LogP contribution in [0.2, 0.25) is 0 Å². The molecule has 0 radical (unpaired) electrons. The second-order valence-corrected chi connectivity index (χ2v) is 1.91. The molecule has 0 aliphatic heterocycles. The fraction of sp³-hybridized carbons (Fsp3) is 0.167. The van der Waals surface area contributed by atoms with E-state index in [1.165, 1.54) is 6.07 Å². The second-order valence-electron chi connectivity index (χ2n) is 1.91. The Morgan fingerprint density at radius 1 is 1.70 bits per heavy atom. The highest BCUT2D eigenvalue weighted by Crippen LogP contribution is 1.83. The highest BCUT2D eigenvalue weighted by Gasteiger charge is 1.93. The summed E-state index contributed by atoms with van der Waals surface area (Å²) >= 11 is 0. The van der Waals surface area contributed by atoms with Crippen LogP contribution < -0.4 is 16.7 Å². The normalized spacial score (nSPS) is 9.70. The zero-order valence-corrected chi connectivity index (χ0v) is 5.42. The molecule has 0 unspecified atom stereocenters. The van der Waals surface area contributed by atoms with Gasteiger partial charge < -0.3 is 4.98 Å². The van der Waals surface area contributed by atoms with Crippen LogP contribution in [-0.4, -0.2) is 4.98 Å². The van der Waals surface area contributed by atoms with Crippen molar-refractivity contribution in [1.82, 2.24) is 10.4 Å². The minimum absolute atomic E-state index is 0.00306. The van der Waals surface area contributed by atoms with E-state index in [1.54, 1.807) is 12.4 Å². The Morgan fingerprint density at radius 3 is 3.10 bits per heavy atom. The van der Waals surface area contributed by atoms with Crippen molar-refractivity contribution in [1.29, 1.82) is 0 Å². The molecule has 1 heterocycles. The molecule has 0 aliphatic carbocycles. The van der Waals surface area contributed by atoms with Crippen LogP contribution in [0.15, 0.2) is 23.3 Å². The van der Waals surface area contributed by atoms with Gasteiger partial charge in [0.15, 0.2) is 5.43 Å². The Balaban J connectivity index is 2.92. The van der Waals surface area contributed by atoms with E-state index in [2.05, 4.69) is 10.4 Å². The average Bonchev–Trinajstić information content (AvgIpc) is 1.94. The zero-order chi connectivity index (χ0) is 7.40. The molecule has 0 aromatic carbocycles. The zero-order valence-electron chi connectivity index (χ0n) is 5.42. The molecule has 0 atom stereocenters. The monoisotopic (exact) mass is 139 g/mol. The molecule has 4 heteroatoms. The topological polar surface area (TPSA) is 70.9 Å².